The van der Waals surface area contributed by atoms with Crippen LogP contribution in [-0.2, 0) is 17.8 Å². The molecule has 0 unspecified atom stereocenters. The van der Waals surface area contributed by atoms with Crippen LogP contribution in [0, 0.1) is 13.8 Å². The third-order valence-corrected chi connectivity index (χ3v) is 6.64. The molecule has 0 bridgehead atoms. The number of halogens is 1. The van der Waals surface area contributed by atoms with Crippen LogP contribution in [0.4, 0.5) is 5.13 Å². The van der Waals surface area contributed by atoms with Gasteiger partial charge in [-0.15, -0.1) is 0 Å². The number of fused-ring (bicyclic) bond motifs is 1. The number of aryl methyl sites for hydroxylation is 2. The number of ether oxygens (including phenoxy) is 1. The second kappa shape index (κ2) is 9.04. The predicted molar refractivity (Wildman–Crippen MR) is 126 cm³/mol. The molecular weight excluding hydrogens is 430 g/mol. The standard InChI is InChI=1S/C24H22ClN3O2S/c1-15-6-7-18(16(2)11-15)12-21(29)28(14-17-5-4-10-26-13-17)24-27-22-20(30-3)9-8-19(25)23(22)31-24/h4-11,13H,12,14H2,1-3H3. The van der Waals surface area contributed by atoms with E-state index in [4.69, 9.17) is 21.3 Å². The summed E-state index contributed by atoms with van der Waals surface area (Å²) >= 11 is 7.80. The van der Waals surface area contributed by atoms with Crippen molar-refractivity contribution in [3.8, 4) is 5.75 Å². The van der Waals surface area contributed by atoms with E-state index < -0.39 is 0 Å². The molecule has 0 N–H and O–H groups in total. The maximum Gasteiger partial charge on any atom is 0.233 e. The molecule has 0 radical (unpaired) electrons. The van der Waals surface area contributed by atoms with Gasteiger partial charge in [0.05, 0.1) is 29.8 Å². The number of carbonyl (C=O) groups excluding carboxylic acids is 1. The minimum atomic E-state index is -0.0371. The van der Waals surface area contributed by atoms with Crippen LogP contribution in [0.5, 0.6) is 5.75 Å². The topological polar surface area (TPSA) is 55.3 Å². The molecule has 2 aromatic carbocycles. The van der Waals surface area contributed by atoms with E-state index in [1.807, 2.05) is 38.1 Å². The fourth-order valence-corrected chi connectivity index (χ4v) is 4.73. The summed E-state index contributed by atoms with van der Waals surface area (Å²) in [6, 6.07) is 13.5. The molecule has 2 heterocycles. The molecule has 0 aliphatic heterocycles. The summed E-state index contributed by atoms with van der Waals surface area (Å²) in [7, 11) is 1.60. The first-order valence-electron chi connectivity index (χ1n) is 9.84. The Kier molecular flexibility index (Phi) is 6.20. The smallest absolute Gasteiger partial charge is 0.233 e. The number of hydrogen-bond donors (Lipinski definition) is 0. The summed E-state index contributed by atoms with van der Waals surface area (Å²) in [5.74, 6) is 0.593. The Morgan fingerprint density at radius 2 is 2.03 bits per heavy atom. The van der Waals surface area contributed by atoms with Crippen LogP contribution in [0.15, 0.2) is 54.9 Å². The molecule has 4 aromatic rings. The monoisotopic (exact) mass is 451 g/mol. The van der Waals surface area contributed by atoms with Crippen molar-refractivity contribution >= 4 is 44.2 Å². The van der Waals surface area contributed by atoms with Crippen molar-refractivity contribution in [1.82, 2.24) is 9.97 Å². The normalized spacial score (nSPS) is 11.0. The fraction of sp³-hybridized carbons (Fsp3) is 0.208. The van der Waals surface area contributed by atoms with E-state index in [1.54, 1.807) is 36.5 Å². The number of benzene rings is 2. The highest BCUT2D eigenvalue weighted by Gasteiger charge is 2.23. The van der Waals surface area contributed by atoms with E-state index in [0.29, 0.717) is 28.0 Å². The third-order valence-electron chi connectivity index (χ3n) is 5.10. The van der Waals surface area contributed by atoms with Crippen LogP contribution in [0.25, 0.3) is 10.2 Å². The highest BCUT2D eigenvalue weighted by atomic mass is 35.5. The summed E-state index contributed by atoms with van der Waals surface area (Å²) in [6.45, 7) is 4.45. The molecule has 4 rings (SSSR count). The number of hydrogen-bond acceptors (Lipinski definition) is 5. The summed E-state index contributed by atoms with van der Waals surface area (Å²) < 4.78 is 6.25. The van der Waals surface area contributed by atoms with Crippen molar-refractivity contribution in [2.45, 2.75) is 26.8 Å². The Hall–Kier alpha value is -2.96. The van der Waals surface area contributed by atoms with E-state index >= 15 is 0 Å². The van der Waals surface area contributed by atoms with Crippen molar-refractivity contribution in [3.63, 3.8) is 0 Å². The quantitative estimate of drug-likeness (QED) is 0.374. The Morgan fingerprint density at radius 1 is 1.19 bits per heavy atom. The number of pyridine rings is 1. The van der Waals surface area contributed by atoms with E-state index in [0.717, 1.165) is 21.4 Å². The first-order valence-corrected chi connectivity index (χ1v) is 11.0. The number of thiazole rings is 1. The van der Waals surface area contributed by atoms with Gasteiger partial charge >= 0.3 is 0 Å². The number of methoxy groups -OCH3 is 1. The van der Waals surface area contributed by atoms with Gasteiger partial charge in [-0.3, -0.25) is 14.7 Å². The summed E-state index contributed by atoms with van der Waals surface area (Å²) in [5, 5.41) is 1.17. The number of amides is 1. The number of nitrogens with zero attached hydrogens (tertiary/aromatic N) is 3. The molecule has 0 atom stereocenters. The second-order valence-corrected chi connectivity index (χ2v) is 8.76. The molecule has 0 spiro atoms. The molecule has 0 aliphatic carbocycles. The molecule has 31 heavy (non-hydrogen) atoms. The number of carbonyl (C=O) groups is 1. The minimum absolute atomic E-state index is 0.0371. The van der Waals surface area contributed by atoms with Crippen LogP contribution in [0.2, 0.25) is 5.02 Å². The van der Waals surface area contributed by atoms with Crippen molar-refractivity contribution in [3.05, 3.63) is 82.1 Å². The fourth-order valence-electron chi connectivity index (χ4n) is 3.46. The van der Waals surface area contributed by atoms with Crippen molar-refractivity contribution in [1.29, 1.82) is 0 Å². The van der Waals surface area contributed by atoms with Gasteiger partial charge in [0.2, 0.25) is 5.91 Å². The predicted octanol–water partition coefficient (Wildman–Crippen LogP) is 5.75. The third kappa shape index (κ3) is 4.55. The summed E-state index contributed by atoms with van der Waals surface area (Å²) in [5.41, 5.74) is 4.86. The lowest BCUT2D eigenvalue weighted by atomic mass is 10.0. The molecule has 0 aliphatic rings. The molecule has 0 fully saturated rings. The first kappa shape index (κ1) is 21.3. The van der Waals surface area contributed by atoms with Gasteiger partial charge in [0.15, 0.2) is 5.13 Å². The zero-order chi connectivity index (χ0) is 22.0. The highest BCUT2D eigenvalue weighted by molar-refractivity contribution is 7.23. The average Bonchev–Trinajstić information content (AvgIpc) is 3.21. The highest BCUT2D eigenvalue weighted by Crippen LogP contribution is 2.39. The molecular formula is C24H22ClN3O2S. The lowest BCUT2D eigenvalue weighted by molar-refractivity contribution is -0.118. The van der Waals surface area contributed by atoms with Gasteiger partial charge in [0.1, 0.15) is 11.3 Å². The zero-order valence-electron chi connectivity index (χ0n) is 17.6. The van der Waals surface area contributed by atoms with Gasteiger partial charge in [-0.25, -0.2) is 4.98 Å². The van der Waals surface area contributed by atoms with Crippen molar-refractivity contribution in [2.24, 2.45) is 0 Å². The van der Waals surface area contributed by atoms with Gasteiger partial charge in [0, 0.05) is 12.4 Å². The molecule has 158 valence electrons. The van der Waals surface area contributed by atoms with Gasteiger partial charge in [-0.2, -0.15) is 0 Å². The molecule has 0 saturated carbocycles. The maximum atomic E-state index is 13.5. The largest absolute Gasteiger partial charge is 0.494 e. The van der Waals surface area contributed by atoms with E-state index in [9.17, 15) is 4.79 Å². The second-order valence-electron chi connectivity index (χ2n) is 7.37. The van der Waals surface area contributed by atoms with Gasteiger partial charge < -0.3 is 4.74 Å². The molecule has 2 aromatic heterocycles. The lowest BCUT2D eigenvalue weighted by Crippen LogP contribution is -2.32. The number of rotatable bonds is 6. The molecule has 0 saturated heterocycles. The van der Waals surface area contributed by atoms with E-state index in [-0.39, 0.29) is 12.3 Å². The summed E-state index contributed by atoms with van der Waals surface area (Å²) in [6.07, 6.45) is 3.76. The van der Waals surface area contributed by atoms with Crippen LogP contribution in [0.3, 0.4) is 0 Å². The van der Waals surface area contributed by atoms with Crippen molar-refractivity contribution in [2.75, 3.05) is 12.0 Å². The molecule has 1 amide bonds. The van der Waals surface area contributed by atoms with E-state index in [2.05, 4.69) is 11.1 Å². The number of anilines is 1. The van der Waals surface area contributed by atoms with Crippen LogP contribution in [-0.4, -0.2) is 23.0 Å². The summed E-state index contributed by atoms with van der Waals surface area (Å²) in [4.78, 5) is 24.1. The lowest BCUT2D eigenvalue weighted by Gasteiger charge is -2.20. The Morgan fingerprint density at radius 3 is 2.74 bits per heavy atom. The first-order chi connectivity index (χ1) is 15.0. The van der Waals surface area contributed by atoms with Gasteiger partial charge in [-0.05, 0) is 48.7 Å². The van der Waals surface area contributed by atoms with E-state index in [1.165, 1.54) is 16.9 Å². The minimum Gasteiger partial charge on any atom is -0.494 e. The van der Waals surface area contributed by atoms with Crippen LogP contribution in [0.1, 0.15) is 22.3 Å². The van der Waals surface area contributed by atoms with Gasteiger partial charge in [0.25, 0.3) is 0 Å². The maximum absolute atomic E-state index is 13.5. The van der Waals surface area contributed by atoms with Crippen LogP contribution >= 0.6 is 22.9 Å². The number of aromatic nitrogens is 2. The average molecular weight is 452 g/mol. The SMILES string of the molecule is COc1ccc(Cl)c2sc(N(Cc3cccnc3)C(=O)Cc3ccc(C)cc3C)nc12. The van der Waals surface area contributed by atoms with Crippen molar-refractivity contribution < 1.29 is 9.53 Å². The van der Waals surface area contributed by atoms with Gasteiger partial charge in [-0.1, -0.05) is 52.8 Å². The Balaban J connectivity index is 1.74. The Labute approximate surface area is 190 Å². The molecule has 5 nitrogen and oxygen atoms in total. The van der Waals surface area contributed by atoms with Crippen LogP contribution < -0.4 is 9.64 Å². The zero-order valence-corrected chi connectivity index (χ0v) is 19.1. The molecule has 7 heteroatoms. The Bertz CT molecular complexity index is 1240.